The Morgan fingerprint density at radius 1 is 1.00 bits per heavy atom. The molecule has 2 aromatic heterocycles. The summed E-state index contributed by atoms with van der Waals surface area (Å²) in [5.41, 5.74) is 11.9. The number of nitrogens with zero attached hydrogens (tertiary/aromatic N) is 2. The minimum atomic E-state index is -0.946. The molecular weight excluding hydrogens is 506 g/mol. The average molecular weight is 534 g/mol. The van der Waals surface area contributed by atoms with Crippen molar-refractivity contribution >= 4 is 62.7 Å². The summed E-state index contributed by atoms with van der Waals surface area (Å²) in [6, 6.07) is 16.1. The number of rotatable bonds is 7. The molecule has 2 aromatic carbocycles. The molecule has 37 heavy (non-hydrogen) atoms. The molecule has 4 aromatic rings. The molecule has 10 heteroatoms. The lowest BCUT2D eigenvalue weighted by atomic mass is 9.95. The predicted molar refractivity (Wildman–Crippen MR) is 148 cm³/mol. The SMILES string of the molecule is NC(=O)c1nsc(C(=O)N(c2cccc3ccccc23)[C@H](C(=O)NC2CCCCC2)c2cccs2)c1N. The minimum Gasteiger partial charge on any atom is -0.395 e. The van der Waals surface area contributed by atoms with Gasteiger partial charge in [-0.3, -0.25) is 19.3 Å². The van der Waals surface area contributed by atoms with Gasteiger partial charge in [0.1, 0.15) is 4.88 Å². The van der Waals surface area contributed by atoms with Crippen LogP contribution in [0, 0.1) is 0 Å². The Morgan fingerprint density at radius 2 is 1.76 bits per heavy atom. The van der Waals surface area contributed by atoms with Crippen LogP contribution in [-0.2, 0) is 4.79 Å². The molecule has 1 aliphatic rings. The van der Waals surface area contributed by atoms with Gasteiger partial charge in [0.25, 0.3) is 11.8 Å². The summed E-state index contributed by atoms with van der Waals surface area (Å²) in [6.45, 7) is 0. The normalized spacial score (nSPS) is 14.8. The molecule has 1 fully saturated rings. The van der Waals surface area contributed by atoms with E-state index in [2.05, 4.69) is 9.69 Å². The second-order valence-electron chi connectivity index (χ2n) is 9.07. The molecule has 1 aliphatic carbocycles. The molecule has 3 amide bonds. The van der Waals surface area contributed by atoms with Gasteiger partial charge in [0, 0.05) is 16.3 Å². The quantitative estimate of drug-likeness (QED) is 0.312. The number of hydrogen-bond donors (Lipinski definition) is 3. The van der Waals surface area contributed by atoms with Crippen molar-refractivity contribution in [1.82, 2.24) is 9.69 Å². The van der Waals surface area contributed by atoms with Crippen molar-refractivity contribution in [2.45, 2.75) is 44.2 Å². The van der Waals surface area contributed by atoms with Gasteiger partial charge in [0.05, 0.1) is 11.4 Å². The Bertz CT molecular complexity index is 1440. The maximum absolute atomic E-state index is 14.3. The van der Waals surface area contributed by atoms with Gasteiger partial charge in [-0.2, -0.15) is 4.37 Å². The predicted octanol–water partition coefficient (Wildman–Crippen LogP) is 4.88. The van der Waals surface area contributed by atoms with E-state index in [1.807, 2.05) is 60.0 Å². The smallest absolute Gasteiger partial charge is 0.273 e. The summed E-state index contributed by atoms with van der Waals surface area (Å²) in [5.74, 6) is -1.58. The van der Waals surface area contributed by atoms with Crippen molar-refractivity contribution < 1.29 is 14.4 Å². The van der Waals surface area contributed by atoms with Crippen molar-refractivity contribution in [2.24, 2.45) is 5.73 Å². The summed E-state index contributed by atoms with van der Waals surface area (Å²) in [4.78, 5) is 42.3. The molecule has 2 heterocycles. The number of amides is 3. The van der Waals surface area contributed by atoms with Gasteiger partial charge in [-0.15, -0.1) is 11.3 Å². The van der Waals surface area contributed by atoms with Crippen LogP contribution < -0.4 is 21.7 Å². The number of carbonyl (C=O) groups excluding carboxylic acids is 3. The summed E-state index contributed by atoms with van der Waals surface area (Å²) in [6.07, 6.45) is 5.11. The lowest BCUT2D eigenvalue weighted by Crippen LogP contribution is -2.47. The Labute approximate surface area is 222 Å². The first-order valence-electron chi connectivity index (χ1n) is 12.2. The van der Waals surface area contributed by atoms with Gasteiger partial charge < -0.3 is 16.8 Å². The number of nitrogens with two attached hydrogens (primary N) is 2. The Morgan fingerprint density at radius 3 is 2.46 bits per heavy atom. The molecule has 0 spiro atoms. The van der Waals surface area contributed by atoms with E-state index in [0.717, 1.165) is 54.4 Å². The first-order valence-corrected chi connectivity index (χ1v) is 13.8. The number of anilines is 2. The highest BCUT2D eigenvalue weighted by Crippen LogP contribution is 2.38. The van der Waals surface area contributed by atoms with E-state index in [-0.39, 0.29) is 28.2 Å². The number of thiophene rings is 1. The van der Waals surface area contributed by atoms with Crippen LogP contribution >= 0.6 is 22.9 Å². The Kier molecular flexibility index (Phi) is 7.20. The largest absolute Gasteiger partial charge is 0.395 e. The molecule has 0 bridgehead atoms. The lowest BCUT2D eigenvalue weighted by Gasteiger charge is -2.33. The Hall–Kier alpha value is -3.76. The molecular formula is C27H27N5O3S2. The number of primary amides is 1. The number of nitrogen functional groups attached to an aromatic ring is 1. The van der Waals surface area contributed by atoms with E-state index in [9.17, 15) is 14.4 Å². The van der Waals surface area contributed by atoms with Gasteiger partial charge in [0.2, 0.25) is 5.91 Å². The summed E-state index contributed by atoms with van der Waals surface area (Å²) >= 11 is 2.21. The van der Waals surface area contributed by atoms with Gasteiger partial charge in [-0.25, -0.2) is 0 Å². The van der Waals surface area contributed by atoms with Gasteiger partial charge in [-0.05, 0) is 47.3 Å². The maximum Gasteiger partial charge on any atom is 0.273 e. The topological polar surface area (TPSA) is 131 Å². The molecule has 5 rings (SSSR count). The Balaban J connectivity index is 1.67. The average Bonchev–Trinajstić information content (AvgIpc) is 3.57. The van der Waals surface area contributed by atoms with Crippen LogP contribution in [0.2, 0.25) is 0 Å². The van der Waals surface area contributed by atoms with Crippen LogP contribution in [0.15, 0.2) is 60.0 Å². The number of nitrogens with one attached hydrogen (secondary N) is 1. The summed E-state index contributed by atoms with van der Waals surface area (Å²) < 4.78 is 4.03. The fourth-order valence-corrected chi connectivity index (χ4v) is 6.43. The highest BCUT2D eigenvalue weighted by Gasteiger charge is 2.38. The first kappa shape index (κ1) is 24.9. The highest BCUT2D eigenvalue weighted by atomic mass is 32.1. The number of benzene rings is 2. The number of hydrogen-bond acceptors (Lipinski definition) is 7. The van der Waals surface area contributed by atoms with E-state index >= 15 is 0 Å². The summed E-state index contributed by atoms with van der Waals surface area (Å²) in [7, 11) is 0. The van der Waals surface area contributed by atoms with Crippen molar-refractivity contribution in [3.63, 3.8) is 0 Å². The van der Waals surface area contributed by atoms with E-state index < -0.39 is 17.9 Å². The molecule has 0 saturated heterocycles. The number of aromatic nitrogens is 1. The standard InChI is InChI=1S/C27H27N5O3S2/c28-21-22(25(29)33)31-37-24(21)27(35)32(19-13-6-9-16-8-4-5-12-18(16)19)23(20-14-7-15-36-20)26(34)30-17-10-2-1-3-11-17/h4-9,12-15,17,23H,1-3,10-11,28H2,(H2,29,33)(H,30,34)/t23-/m0/s1. The lowest BCUT2D eigenvalue weighted by molar-refractivity contribution is -0.123. The molecule has 0 unspecified atom stereocenters. The van der Waals surface area contributed by atoms with E-state index in [1.165, 1.54) is 16.2 Å². The van der Waals surface area contributed by atoms with Crippen molar-refractivity contribution in [2.75, 3.05) is 10.6 Å². The molecule has 190 valence electrons. The van der Waals surface area contributed by atoms with Crippen LogP contribution in [0.4, 0.5) is 11.4 Å². The van der Waals surface area contributed by atoms with E-state index in [1.54, 1.807) is 0 Å². The zero-order chi connectivity index (χ0) is 25.9. The molecule has 0 radical (unpaired) electrons. The third-order valence-corrected chi connectivity index (χ3v) is 8.45. The molecule has 1 atom stereocenters. The van der Waals surface area contributed by atoms with E-state index in [0.29, 0.717) is 10.6 Å². The van der Waals surface area contributed by atoms with Gasteiger partial charge >= 0.3 is 0 Å². The fraction of sp³-hybridized carbons (Fsp3) is 0.259. The van der Waals surface area contributed by atoms with Crippen LogP contribution in [0.25, 0.3) is 10.8 Å². The van der Waals surface area contributed by atoms with Crippen LogP contribution in [0.3, 0.4) is 0 Å². The molecule has 0 aliphatic heterocycles. The van der Waals surface area contributed by atoms with Gasteiger partial charge in [0.15, 0.2) is 11.7 Å². The van der Waals surface area contributed by atoms with Crippen molar-refractivity contribution in [3.05, 3.63) is 75.4 Å². The monoisotopic (exact) mass is 533 g/mol. The van der Waals surface area contributed by atoms with Crippen molar-refractivity contribution in [3.8, 4) is 0 Å². The minimum absolute atomic E-state index is 0.0584. The zero-order valence-electron chi connectivity index (χ0n) is 20.1. The third kappa shape index (κ3) is 4.94. The second kappa shape index (κ2) is 10.7. The fourth-order valence-electron chi connectivity index (χ4n) is 4.87. The number of fused-ring (bicyclic) bond motifs is 1. The van der Waals surface area contributed by atoms with Crippen LogP contribution in [-0.4, -0.2) is 28.1 Å². The molecule has 1 saturated carbocycles. The van der Waals surface area contributed by atoms with E-state index in [4.69, 9.17) is 11.5 Å². The summed E-state index contributed by atoms with van der Waals surface area (Å²) in [5, 5.41) is 6.82. The zero-order valence-corrected chi connectivity index (χ0v) is 21.7. The van der Waals surface area contributed by atoms with Crippen LogP contribution in [0.5, 0.6) is 0 Å². The number of carbonyl (C=O) groups is 3. The maximum atomic E-state index is 14.3. The molecule has 8 nitrogen and oxygen atoms in total. The second-order valence-corrected chi connectivity index (χ2v) is 10.8. The first-order chi connectivity index (χ1) is 18.0. The molecule has 5 N–H and O–H groups in total. The van der Waals surface area contributed by atoms with Crippen LogP contribution in [0.1, 0.15) is 63.2 Å². The van der Waals surface area contributed by atoms with Crippen molar-refractivity contribution in [1.29, 1.82) is 0 Å². The third-order valence-electron chi connectivity index (χ3n) is 6.67. The highest BCUT2D eigenvalue weighted by molar-refractivity contribution is 7.10. The van der Waals surface area contributed by atoms with Gasteiger partial charge in [-0.1, -0.05) is 61.7 Å².